The Bertz CT molecular complexity index is 1150. The number of carbonyl (C=O) groups is 1. The second-order valence-electron chi connectivity index (χ2n) is 6.52. The lowest BCUT2D eigenvalue weighted by Crippen LogP contribution is -2.13. The zero-order chi connectivity index (χ0) is 20.2. The summed E-state index contributed by atoms with van der Waals surface area (Å²) in [6.45, 7) is 1.93. The zero-order valence-corrected chi connectivity index (χ0v) is 17.2. The quantitative estimate of drug-likeness (QED) is 0.375. The van der Waals surface area contributed by atoms with E-state index in [1.54, 1.807) is 0 Å². The van der Waals surface area contributed by atoms with Crippen LogP contribution in [0.1, 0.15) is 15.9 Å². The maximum atomic E-state index is 12.6. The van der Waals surface area contributed by atoms with Crippen LogP contribution in [0, 0.1) is 6.92 Å². The summed E-state index contributed by atoms with van der Waals surface area (Å²) in [5.74, 6) is -0.122. The van der Waals surface area contributed by atoms with Crippen LogP contribution in [0.2, 0.25) is 5.02 Å². The van der Waals surface area contributed by atoms with Crippen LogP contribution in [0.5, 0.6) is 0 Å². The molecule has 29 heavy (non-hydrogen) atoms. The largest absolute Gasteiger partial charge is 0.332 e. The van der Waals surface area contributed by atoms with Gasteiger partial charge in [-0.1, -0.05) is 41.9 Å². The van der Waals surface area contributed by atoms with Gasteiger partial charge in [-0.3, -0.25) is 4.79 Å². The molecule has 4 aromatic rings. The van der Waals surface area contributed by atoms with Crippen LogP contribution in [0.15, 0.2) is 78.2 Å². The molecule has 0 aliphatic carbocycles. The van der Waals surface area contributed by atoms with E-state index >= 15 is 0 Å². The van der Waals surface area contributed by atoms with E-state index in [2.05, 4.69) is 15.6 Å². The predicted molar refractivity (Wildman–Crippen MR) is 121 cm³/mol. The molecule has 0 fully saturated rings. The lowest BCUT2D eigenvalue weighted by Gasteiger charge is -2.08. The van der Waals surface area contributed by atoms with Gasteiger partial charge in [-0.2, -0.15) is 0 Å². The normalized spacial score (nSPS) is 10.6. The minimum Gasteiger partial charge on any atom is -0.332 e. The Balaban J connectivity index is 1.50. The number of carbonyl (C=O) groups excluding carboxylic acids is 1. The van der Waals surface area contributed by atoms with Crippen molar-refractivity contribution in [1.29, 1.82) is 0 Å². The molecule has 0 bridgehead atoms. The summed E-state index contributed by atoms with van der Waals surface area (Å²) < 4.78 is 0. The van der Waals surface area contributed by atoms with Gasteiger partial charge in [0.1, 0.15) is 0 Å². The van der Waals surface area contributed by atoms with E-state index in [-0.39, 0.29) is 5.91 Å². The molecule has 0 aliphatic rings. The summed E-state index contributed by atoms with van der Waals surface area (Å²) in [7, 11) is 0. The van der Waals surface area contributed by atoms with Crippen molar-refractivity contribution in [3.8, 4) is 11.3 Å². The first-order valence-electron chi connectivity index (χ1n) is 9.04. The van der Waals surface area contributed by atoms with Crippen LogP contribution in [0.25, 0.3) is 11.3 Å². The second-order valence-corrected chi connectivity index (χ2v) is 7.81. The molecule has 144 valence electrons. The fourth-order valence-electron chi connectivity index (χ4n) is 2.90. The van der Waals surface area contributed by atoms with Crippen molar-refractivity contribution in [3.05, 3.63) is 94.3 Å². The van der Waals surface area contributed by atoms with Gasteiger partial charge >= 0.3 is 0 Å². The Morgan fingerprint density at radius 3 is 2.55 bits per heavy atom. The molecule has 0 saturated heterocycles. The van der Waals surface area contributed by atoms with Crippen LogP contribution in [0.3, 0.4) is 0 Å². The van der Waals surface area contributed by atoms with E-state index in [1.807, 2.05) is 85.1 Å². The predicted octanol–water partition coefficient (Wildman–Crippen LogP) is 6.77. The minimum absolute atomic E-state index is 0.122. The molecule has 0 radical (unpaired) electrons. The number of halogens is 1. The topological polar surface area (TPSA) is 54.0 Å². The third-order valence-corrected chi connectivity index (χ3v) is 5.42. The van der Waals surface area contributed by atoms with Gasteiger partial charge in [-0.15, -0.1) is 11.3 Å². The van der Waals surface area contributed by atoms with E-state index in [0.29, 0.717) is 10.6 Å². The summed E-state index contributed by atoms with van der Waals surface area (Å²) >= 11 is 7.45. The molecule has 0 aliphatic heterocycles. The third kappa shape index (κ3) is 4.65. The van der Waals surface area contributed by atoms with Crippen LogP contribution >= 0.6 is 22.9 Å². The van der Waals surface area contributed by atoms with Crippen molar-refractivity contribution in [2.75, 3.05) is 10.6 Å². The van der Waals surface area contributed by atoms with Crippen molar-refractivity contribution >= 4 is 45.4 Å². The number of hydrogen-bond donors (Lipinski definition) is 2. The minimum atomic E-state index is -0.122. The molecule has 3 aromatic carbocycles. The van der Waals surface area contributed by atoms with Gasteiger partial charge < -0.3 is 10.6 Å². The monoisotopic (exact) mass is 419 g/mol. The highest BCUT2D eigenvalue weighted by Crippen LogP contribution is 2.29. The van der Waals surface area contributed by atoms with Gasteiger partial charge in [0, 0.05) is 32.9 Å². The van der Waals surface area contributed by atoms with E-state index in [1.165, 1.54) is 11.3 Å². The summed E-state index contributed by atoms with van der Waals surface area (Å²) in [5.41, 5.74) is 5.05. The molecule has 1 heterocycles. The number of rotatable bonds is 5. The number of amides is 1. The van der Waals surface area contributed by atoms with E-state index in [0.717, 1.165) is 33.3 Å². The molecule has 0 atom stereocenters. The van der Waals surface area contributed by atoms with E-state index < -0.39 is 0 Å². The zero-order valence-electron chi connectivity index (χ0n) is 15.6. The molecule has 0 saturated carbocycles. The molecular weight excluding hydrogens is 402 g/mol. The van der Waals surface area contributed by atoms with E-state index in [9.17, 15) is 4.79 Å². The number of nitrogens with one attached hydrogen (secondary N) is 2. The SMILES string of the molecule is Cc1ccccc1C(=O)Nc1cccc(-c2csc(Nc3ccc(Cl)cc3)n2)c1. The van der Waals surface area contributed by atoms with Gasteiger partial charge in [0.05, 0.1) is 5.69 Å². The average Bonchev–Trinajstić information content (AvgIpc) is 3.19. The Labute approximate surface area is 178 Å². The average molecular weight is 420 g/mol. The standard InChI is InChI=1S/C23H18ClN3OS/c1-15-5-2-3-8-20(15)22(28)25-19-7-4-6-16(13-19)21-14-29-23(27-21)26-18-11-9-17(24)10-12-18/h2-14H,1H3,(H,25,28)(H,26,27). The molecule has 2 N–H and O–H groups in total. The fourth-order valence-corrected chi connectivity index (χ4v) is 3.77. The summed E-state index contributed by atoms with van der Waals surface area (Å²) in [4.78, 5) is 17.2. The molecule has 4 nitrogen and oxygen atoms in total. The molecule has 6 heteroatoms. The fraction of sp³-hybridized carbons (Fsp3) is 0.0435. The number of benzene rings is 3. The van der Waals surface area contributed by atoms with Crippen LogP contribution < -0.4 is 10.6 Å². The van der Waals surface area contributed by atoms with Crippen molar-refractivity contribution in [2.45, 2.75) is 6.92 Å². The highest BCUT2D eigenvalue weighted by molar-refractivity contribution is 7.14. The first kappa shape index (κ1) is 19.2. The molecule has 1 amide bonds. The molecule has 0 unspecified atom stereocenters. The number of thiazole rings is 1. The number of aromatic nitrogens is 1. The van der Waals surface area contributed by atoms with Crippen molar-refractivity contribution in [1.82, 2.24) is 4.98 Å². The van der Waals surface area contributed by atoms with Gasteiger partial charge in [-0.05, 0) is 55.0 Å². The smallest absolute Gasteiger partial charge is 0.255 e. The maximum Gasteiger partial charge on any atom is 0.255 e. The number of anilines is 3. The number of hydrogen-bond acceptors (Lipinski definition) is 4. The number of aryl methyl sites for hydroxylation is 1. The summed E-state index contributed by atoms with van der Waals surface area (Å²) in [5, 5.41) is 9.71. The van der Waals surface area contributed by atoms with Crippen molar-refractivity contribution in [3.63, 3.8) is 0 Å². The lowest BCUT2D eigenvalue weighted by atomic mass is 10.1. The van der Waals surface area contributed by atoms with Gasteiger partial charge in [0.15, 0.2) is 5.13 Å². The lowest BCUT2D eigenvalue weighted by molar-refractivity contribution is 0.102. The summed E-state index contributed by atoms with van der Waals surface area (Å²) in [6.07, 6.45) is 0. The third-order valence-electron chi connectivity index (χ3n) is 4.41. The second kappa shape index (κ2) is 8.47. The molecular formula is C23H18ClN3OS. The maximum absolute atomic E-state index is 12.6. The highest BCUT2D eigenvalue weighted by atomic mass is 35.5. The van der Waals surface area contributed by atoms with Crippen molar-refractivity contribution < 1.29 is 4.79 Å². The Kier molecular flexibility index (Phi) is 5.60. The van der Waals surface area contributed by atoms with Gasteiger partial charge in [-0.25, -0.2) is 4.98 Å². The Hall–Kier alpha value is -3.15. The first-order valence-corrected chi connectivity index (χ1v) is 10.3. The van der Waals surface area contributed by atoms with Crippen LogP contribution in [-0.2, 0) is 0 Å². The highest BCUT2D eigenvalue weighted by Gasteiger charge is 2.10. The Morgan fingerprint density at radius 2 is 1.76 bits per heavy atom. The number of nitrogens with zero attached hydrogens (tertiary/aromatic N) is 1. The van der Waals surface area contributed by atoms with Gasteiger partial charge in [0.25, 0.3) is 5.91 Å². The first-order chi connectivity index (χ1) is 14.1. The van der Waals surface area contributed by atoms with Crippen molar-refractivity contribution in [2.24, 2.45) is 0 Å². The Morgan fingerprint density at radius 1 is 0.966 bits per heavy atom. The van der Waals surface area contributed by atoms with Crippen LogP contribution in [0.4, 0.5) is 16.5 Å². The van der Waals surface area contributed by atoms with Gasteiger partial charge in [0.2, 0.25) is 0 Å². The molecule has 4 rings (SSSR count). The molecule has 0 spiro atoms. The van der Waals surface area contributed by atoms with Crippen LogP contribution in [-0.4, -0.2) is 10.9 Å². The molecule has 1 aromatic heterocycles. The summed E-state index contributed by atoms with van der Waals surface area (Å²) in [6, 6.07) is 22.7. The van der Waals surface area contributed by atoms with E-state index in [4.69, 9.17) is 11.6 Å².